The highest BCUT2D eigenvalue weighted by Gasteiger charge is 2.19. The van der Waals surface area contributed by atoms with Gasteiger partial charge >= 0.3 is 5.97 Å². The number of carboxylic acids is 1. The van der Waals surface area contributed by atoms with Crippen molar-refractivity contribution in [2.24, 2.45) is 0 Å². The first-order valence-electron chi connectivity index (χ1n) is 5.16. The van der Waals surface area contributed by atoms with Crippen LogP contribution in [-0.4, -0.2) is 20.9 Å². The van der Waals surface area contributed by atoms with Crippen molar-refractivity contribution in [1.82, 2.24) is 0 Å². The lowest BCUT2D eigenvalue weighted by molar-refractivity contribution is -0.394. The van der Waals surface area contributed by atoms with Gasteiger partial charge in [0.25, 0.3) is 11.4 Å². The van der Waals surface area contributed by atoms with E-state index >= 15 is 0 Å². The Morgan fingerprint density at radius 1 is 1.05 bits per heavy atom. The van der Waals surface area contributed by atoms with Gasteiger partial charge in [-0.3, -0.25) is 20.2 Å². The van der Waals surface area contributed by atoms with Crippen molar-refractivity contribution in [2.45, 2.75) is 0 Å². The molecule has 0 radical (unpaired) electrons. The van der Waals surface area contributed by atoms with Gasteiger partial charge in [0.1, 0.15) is 5.76 Å². The highest BCUT2D eigenvalue weighted by Crippen LogP contribution is 2.30. The standard InChI is InChI=1S/C11H6N2O7/c14-11(15)10-2-1-9(20-10)6-3-7(12(16)17)5-8(4-6)13(18)19/h1-5H,(H,14,15). The second-order valence-corrected chi connectivity index (χ2v) is 3.72. The molecular weight excluding hydrogens is 272 g/mol. The molecule has 9 nitrogen and oxygen atoms in total. The number of hydrogen-bond donors (Lipinski definition) is 1. The summed E-state index contributed by atoms with van der Waals surface area (Å²) in [6, 6.07) is 5.37. The molecule has 102 valence electrons. The molecule has 0 fully saturated rings. The molecule has 0 aliphatic rings. The Balaban J connectivity index is 2.57. The Morgan fingerprint density at radius 2 is 1.60 bits per heavy atom. The fourth-order valence-corrected chi connectivity index (χ4v) is 1.56. The van der Waals surface area contributed by atoms with E-state index in [0.717, 1.165) is 24.3 Å². The third-order valence-corrected chi connectivity index (χ3v) is 2.43. The van der Waals surface area contributed by atoms with Crippen molar-refractivity contribution in [3.05, 3.63) is 56.3 Å². The van der Waals surface area contributed by atoms with E-state index in [0.29, 0.717) is 0 Å². The Morgan fingerprint density at radius 3 is 2.00 bits per heavy atom. The molecule has 0 unspecified atom stereocenters. The van der Waals surface area contributed by atoms with Crippen molar-refractivity contribution < 1.29 is 24.2 Å². The molecule has 0 saturated carbocycles. The van der Waals surface area contributed by atoms with Crippen molar-refractivity contribution >= 4 is 17.3 Å². The summed E-state index contributed by atoms with van der Waals surface area (Å²) in [6.07, 6.45) is 0. The molecule has 1 aromatic heterocycles. The molecule has 9 heteroatoms. The van der Waals surface area contributed by atoms with E-state index in [1.807, 2.05) is 0 Å². The first-order valence-corrected chi connectivity index (χ1v) is 5.16. The predicted molar refractivity (Wildman–Crippen MR) is 64.4 cm³/mol. The zero-order valence-electron chi connectivity index (χ0n) is 9.68. The highest BCUT2D eigenvalue weighted by atomic mass is 16.6. The summed E-state index contributed by atoms with van der Waals surface area (Å²) in [5.41, 5.74) is -0.914. The van der Waals surface area contributed by atoms with Crippen molar-refractivity contribution in [3.63, 3.8) is 0 Å². The SMILES string of the molecule is O=C(O)c1ccc(-c2cc([N+](=O)[O-])cc([N+](=O)[O-])c2)o1. The molecule has 2 rings (SSSR count). The molecule has 0 atom stereocenters. The number of aromatic carboxylic acids is 1. The summed E-state index contributed by atoms with van der Waals surface area (Å²) >= 11 is 0. The summed E-state index contributed by atoms with van der Waals surface area (Å²) in [5, 5.41) is 30.2. The van der Waals surface area contributed by atoms with Gasteiger partial charge in [0.15, 0.2) is 0 Å². The number of non-ortho nitro benzene ring substituents is 2. The van der Waals surface area contributed by atoms with Crippen molar-refractivity contribution in [3.8, 4) is 11.3 Å². The molecule has 2 aromatic rings. The fourth-order valence-electron chi connectivity index (χ4n) is 1.56. The van der Waals surface area contributed by atoms with Crippen LogP contribution in [0.25, 0.3) is 11.3 Å². The normalized spacial score (nSPS) is 10.2. The first kappa shape index (κ1) is 13.2. The minimum absolute atomic E-state index is 0.00537. The maximum atomic E-state index is 10.7. The number of rotatable bonds is 4. The van der Waals surface area contributed by atoms with Crippen LogP contribution in [0, 0.1) is 20.2 Å². The van der Waals surface area contributed by atoms with Gasteiger partial charge in [-0.25, -0.2) is 4.79 Å². The van der Waals surface area contributed by atoms with Crippen LogP contribution >= 0.6 is 0 Å². The molecule has 1 heterocycles. The molecule has 1 aromatic carbocycles. The summed E-state index contributed by atoms with van der Waals surface area (Å²) in [6.45, 7) is 0. The van der Waals surface area contributed by atoms with E-state index in [-0.39, 0.29) is 17.1 Å². The Hall–Kier alpha value is -3.23. The third-order valence-electron chi connectivity index (χ3n) is 2.43. The van der Waals surface area contributed by atoms with Crippen LogP contribution in [-0.2, 0) is 0 Å². The van der Waals surface area contributed by atoms with Crippen molar-refractivity contribution in [2.75, 3.05) is 0 Å². The van der Waals surface area contributed by atoms with Crippen LogP contribution in [0.2, 0.25) is 0 Å². The monoisotopic (exact) mass is 278 g/mol. The number of nitrogens with zero attached hydrogens (tertiary/aromatic N) is 2. The molecule has 1 N–H and O–H groups in total. The predicted octanol–water partition coefficient (Wildman–Crippen LogP) is 2.46. The molecule has 20 heavy (non-hydrogen) atoms. The summed E-state index contributed by atoms with van der Waals surface area (Å²) in [5.74, 6) is -1.68. The second-order valence-electron chi connectivity index (χ2n) is 3.72. The molecule has 0 bridgehead atoms. The van der Waals surface area contributed by atoms with E-state index in [1.54, 1.807) is 0 Å². The number of carbonyl (C=O) groups is 1. The molecule has 0 aliphatic carbocycles. The molecule has 0 aliphatic heterocycles. The van der Waals surface area contributed by atoms with Gasteiger partial charge in [0.05, 0.1) is 15.9 Å². The van der Waals surface area contributed by atoms with Gasteiger partial charge in [-0.2, -0.15) is 0 Å². The molecule has 0 saturated heterocycles. The lowest BCUT2D eigenvalue weighted by Gasteiger charge is -1.98. The van der Waals surface area contributed by atoms with E-state index in [2.05, 4.69) is 0 Å². The second kappa shape index (κ2) is 4.80. The summed E-state index contributed by atoms with van der Waals surface area (Å²) in [4.78, 5) is 30.6. The molecule has 0 spiro atoms. The van der Waals surface area contributed by atoms with E-state index in [4.69, 9.17) is 9.52 Å². The van der Waals surface area contributed by atoms with E-state index in [1.165, 1.54) is 6.07 Å². The quantitative estimate of drug-likeness (QED) is 0.669. The third kappa shape index (κ3) is 2.46. The number of carboxylic acid groups (broad SMARTS) is 1. The van der Waals surface area contributed by atoms with Gasteiger partial charge in [-0.15, -0.1) is 0 Å². The number of hydrogen-bond acceptors (Lipinski definition) is 6. The van der Waals surface area contributed by atoms with Crippen LogP contribution in [0.4, 0.5) is 11.4 Å². The number of nitro groups is 2. The number of benzene rings is 1. The molecular formula is C11H6N2O7. The zero-order valence-corrected chi connectivity index (χ0v) is 9.68. The Bertz CT molecular complexity index is 687. The smallest absolute Gasteiger partial charge is 0.371 e. The van der Waals surface area contributed by atoms with Crippen LogP contribution < -0.4 is 0 Å². The van der Waals surface area contributed by atoms with Gasteiger partial charge in [0, 0.05) is 17.7 Å². The Labute approximate surface area is 110 Å². The van der Waals surface area contributed by atoms with Crippen LogP contribution in [0.1, 0.15) is 10.6 Å². The lowest BCUT2D eigenvalue weighted by Crippen LogP contribution is -1.94. The van der Waals surface area contributed by atoms with E-state index in [9.17, 15) is 25.0 Å². The van der Waals surface area contributed by atoms with Gasteiger partial charge in [-0.1, -0.05) is 0 Å². The zero-order chi connectivity index (χ0) is 14.9. The largest absolute Gasteiger partial charge is 0.475 e. The number of nitro benzene ring substituents is 2. The van der Waals surface area contributed by atoms with Gasteiger partial charge in [0.2, 0.25) is 5.76 Å². The topological polar surface area (TPSA) is 137 Å². The Kier molecular flexibility index (Phi) is 3.17. The highest BCUT2D eigenvalue weighted by molar-refractivity contribution is 5.85. The first-order chi connectivity index (χ1) is 9.38. The molecule has 0 amide bonds. The van der Waals surface area contributed by atoms with Gasteiger partial charge in [-0.05, 0) is 12.1 Å². The van der Waals surface area contributed by atoms with Gasteiger partial charge < -0.3 is 9.52 Å². The van der Waals surface area contributed by atoms with Crippen LogP contribution in [0.5, 0.6) is 0 Å². The van der Waals surface area contributed by atoms with E-state index < -0.39 is 27.2 Å². The summed E-state index contributed by atoms with van der Waals surface area (Å²) < 4.78 is 4.96. The number of furan rings is 1. The maximum Gasteiger partial charge on any atom is 0.371 e. The van der Waals surface area contributed by atoms with Crippen LogP contribution in [0.3, 0.4) is 0 Å². The fraction of sp³-hybridized carbons (Fsp3) is 0. The summed E-state index contributed by atoms with van der Waals surface area (Å²) in [7, 11) is 0. The maximum absolute atomic E-state index is 10.7. The minimum atomic E-state index is -1.31. The minimum Gasteiger partial charge on any atom is -0.475 e. The van der Waals surface area contributed by atoms with Crippen LogP contribution in [0.15, 0.2) is 34.7 Å². The average Bonchev–Trinajstić information content (AvgIpc) is 2.87. The lowest BCUT2D eigenvalue weighted by atomic mass is 10.1. The van der Waals surface area contributed by atoms with Crippen molar-refractivity contribution in [1.29, 1.82) is 0 Å². The average molecular weight is 278 g/mol.